The van der Waals surface area contributed by atoms with Gasteiger partial charge >= 0.3 is 11.9 Å². The van der Waals surface area contributed by atoms with Crippen molar-refractivity contribution in [1.29, 1.82) is 0 Å². The molecule has 0 aromatic rings. The van der Waals surface area contributed by atoms with Crippen LogP contribution in [0.2, 0.25) is 0 Å². The van der Waals surface area contributed by atoms with E-state index in [4.69, 9.17) is 9.47 Å². The number of ether oxygens (including phenoxy) is 2. The highest BCUT2D eigenvalue weighted by Crippen LogP contribution is 2.63. The molecule has 5 heteroatoms. The topological polar surface area (TPSA) is 72.8 Å². The van der Waals surface area contributed by atoms with Crippen LogP contribution in [0, 0.1) is 29.1 Å². The van der Waals surface area contributed by atoms with Crippen molar-refractivity contribution in [2.45, 2.75) is 71.7 Å². The Balaban J connectivity index is 1.74. The van der Waals surface area contributed by atoms with Crippen molar-refractivity contribution in [3.63, 3.8) is 0 Å². The number of hydrogen-bond acceptors (Lipinski definition) is 5. The Kier molecular flexibility index (Phi) is 3.80. The van der Waals surface area contributed by atoms with E-state index in [1.807, 2.05) is 20.8 Å². The van der Waals surface area contributed by atoms with Crippen LogP contribution in [0.25, 0.3) is 0 Å². The number of carbonyl (C=O) groups excluding carboxylic acids is 2. The van der Waals surface area contributed by atoms with Crippen LogP contribution in [0.1, 0.15) is 53.4 Å². The summed E-state index contributed by atoms with van der Waals surface area (Å²) in [7, 11) is 0. The summed E-state index contributed by atoms with van der Waals surface area (Å²) in [5, 5.41) is 10.4. The van der Waals surface area contributed by atoms with Crippen LogP contribution in [0.3, 0.4) is 0 Å². The molecular weight excluding hydrogens is 320 g/mol. The normalized spacial score (nSPS) is 45.9. The van der Waals surface area contributed by atoms with Gasteiger partial charge in [0.2, 0.25) is 0 Å². The molecular formula is C20H28O5. The lowest BCUT2D eigenvalue weighted by molar-refractivity contribution is -0.164. The first kappa shape index (κ1) is 17.1. The highest BCUT2D eigenvalue weighted by atomic mass is 16.6. The molecule has 138 valence electrons. The molecule has 0 aromatic heterocycles. The van der Waals surface area contributed by atoms with Crippen molar-refractivity contribution in [3.05, 3.63) is 11.1 Å². The molecule has 8 atom stereocenters. The second kappa shape index (κ2) is 5.57. The maximum absolute atomic E-state index is 12.5. The SMILES string of the molecule is CCC(C)C(=O)O[C@@H]1C[C@]2(C)C[C@H]3C(=O)O[C@@H](C4=C(C)C(O)C[C@H]42)[C@@H]13. The zero-order valence-corrected chi connectivity index (χ0v) is 15.5. The van der Waals surface area contributed by atoms with Gasteiger partial charge in [0.1, 0.15) is 12.2 Å². The zero-order chi connectivity index (χ0) is 18.1. The molecule has 4 aliphatic carbocycles. The fraction of sp³-hybridized carbons (Fsp3) is 0.800. The number of fused-ring (bicyclic) bond motifs is 1. The average molecular weight is 348 g/mol. The van der Waals surface area contributed by atoms with Crippen molar-refractivity contribution in [2.24, 2.45) is 29.1 Å². The minimum atomic E-state index is -0.449. The lowest BCUT2D eigenvalue weighted by Gasteiger charge is -2.43. The number of hydrogen-bond donors (Lipinski definition) is 1. The zero-order valence-electron chi connectivity index (χ0n) is 15.5. The molecule has 5 rings (SSSR count). The van der Waals surface area contributed by atoms with E-state index < -0.39 is 6.10 Å². The largest absolute Gasteiger partial charge is 0.462 e. The van der Waals surface area contributed by atoms with Gasteiger partial charge in [-0.15, -0.1) is 0 Å². The first-order chi connectivity index (χ1) is 11.8. The molecule has 5 aliphatic rings. The van der Waals surface area contributed by atoms with Gasteiger partial charge in [0.15, 0.2) is 0 Å². The van der Waals surface area contributed by atoms with E-state index in [0.717, 1.165) is 30.4 Å². The second-order valence-electron chi connectivity index (χ2n) is 8.83. The molecule has 0 spiro atoms. The van der Waals surface area contributed by atoms with E-state index >= 15 is 0 Å². The standard InChI is InChI=1S/C20H28O5/c1-5-9(2)18(22)24-14-8-20(4)7-11-16(14)17(25-19(11)23)15-10(3)13(21)6-12(15)20/h9,11-14,16-17,21H,5-8H2,1-4H3/t9?,11-,12-,13?,14-,16-,17+,20+/m1/s1. The molecule has 0 radical (unpaired) electrons. The summed E-state index contributed by atoms with van der Waals surface area (Å²) in [5.74, 6) is -0.557. The molecule has 1 saturated heterocycles. The van der Waals surface area contributed by atoms with Gasteiger partial charge in [-0.3, -0.25) is 9.59 Å². The third-order valence-electron chi connectivity index (χ3n) is 7.36. The van der Waals surface area contributed by atoms with Crippen molar-refractivity contribution in [1.82, 2.24) is 0 Å². The predicted octanol–water partition coefficient (Wildman–Crippen LogP) is 2.61. The molecule has 4 fully saturated rings. The van der Waals surface area contributed by atoms with Crippen LogP contribution in [-0.2, 0) is 19.1 Å². The van der Waals surface area contributed by atoms with Crippen molar-refractivity contribution >= 4 is 11.9 Å². The summed E-state index contributed by atoms with van der Waals surface area (Å²) in [6, 6.07) is 0. The van der Waals surface area contributed by atoms with E-state index in [0.29, 0.717) is 6.42 Å². The molecule has 1 N–H and O–H groups in total. The summed E-state index contributed by atoms with van der Waals surface area (Å²) >= 11 is 0. The number of aliphatic hydroxyl groups is 1. The molecule has 5 nitrogen and oxygen atoms in total. The molecule has 0 aromatic carbocycles. The van der Waals surface area contributed by atoms with Gasteiger partial charge in [0.05, 0.1) is 23.9 Å². The molecule has 2 unspecified atom stereocenters. The summed E-state index contributed by atoms with van der Waals surface area (Å²) in [6.07, 6.45) is 1.89. The van der Waals surface area contributed by atoms with Gasteiger partial charge in [-0.05, 0) is 55.1 Å². The van der Waals surface area contributed by atoms with Crippen molar-refractivity contribution in [3.8, 4) is 0 Å². The van der Waals surface area contributed by atoms with Crippen molar-refractivity contribution < 1.29 is 24.2 Å². The number of carbonyl (C=O) groups is 2. The molecule has 0 amide bonds. The maximum atomic E-state index is 12.5. The molecule has 1 heterocycles. The Morgan fingerprint density at radius 3 is 2.84 bits per heavy atom. The van der Waals surface area contributed by atoms with Gasteiger partial charge in [0.25, 0.3) is 0 Å². The van der Waals surface area contributed by atoms with Crippen LogP contribution in [0.5, 0.6) is 0 Å². The summed E-state index contributed by atoms with van der Waals surface area (Å²) in [6.45, 7) is 8.00. The van der Waals surface area contributed by atoms with Crippen LogP contribution in [0.4, 0.5) is 0 Å². The van der Waals surface area contributed by atoms with E-state index in [9.17, 15) is 14.7 Å². The van der Waals surface area contributed by atoms with Gasteiger partial charge in [-0.2, -0.15) is 0 Å². The number of rotatable bonds is 3. The van der Waals surface area contributed by atoms with Crippen molar-refractivity contribution in [2.75, 3.05) is 0 Å². The molecule has 4 bridgehead atoms. The predicted molar refractivity (Wildman–Crippen MR) is 90.3 cm³/mol. The third kappa shape index (κ3) is 2.31. The highest BCUT2D eigenvalue weighted by Gasteiger charge is 2.65. The van der Waals surface area contributed by atoms with Gasteiger partial charge < -0.3 is 14.6 Å². The lowest BCUT2D eigenvalue weighted by atomic mass is 9.62. The van der Waals surface area contributed by atoms with Crippen LogP contribution >= 0.6 is 0 Å². The summed E-state index contributed by atoms with van der Waals surface area (Å²) < 4.78 is 11.7. The minimum absolute atomic E-state index is 0.103. The first-order valence-electron chi connectivity index (χ1n) is 9.56. The highest BCUT2D eigenvalue weighted by molar-refractivity contribution is 5.78. The Labute approximate surface area is 148 Å². The first-order valence-corrected chi connectivity index (χ1v) is 9.56. The smallest absolute Gasteiger partial charge is 0.310 e. The van der Waals surface area contributed by atoms with Crippen LogP contribution in [-0.4, -0.2) is 35.4 Å². The average Bonchev–Trinajstić information content (AvgIpc) is 2.98. The van der Waals surface area contributed by atoms with Gasteiger partial charge in [0, 0.05) is 0 Å². The van der Waals surface area contributed by atoms with E-state index in [-0.39, 0.29) is 53.2 Å². The van der Waals surface area contributed by atoms with E-state index in [1.54, 1.807) is 0 Å². The van der Waals surface area contributed by atoms with E-state index in [2.05, 4.69) is 6.92 Å². The number of aliphatic hydroxyl groups excluding tert-OH is 1. The molecule has 3 saturated carbocycles. The summed E-state index contributed by atoms with van der Waals surface area (Å²) in [5.41, 5.74) is 1.93. The fourth-order valence-corrected chi connectivity index (χ4v) is 5.70. The Hall–Kier alpha value is -1.36. The van der Waals surface area contributed by atoms with E-state index in [1.165, 1.54) is 0 Å². The molecule has 25 heavy (non-hydrogen) atoms. The third-order valence-corrected chi connectivity index (χ3v) is 7.36. The second-order valence-corrected chi connectivity index (χ2v) is 8.83. The maximum Gasteiger partial charge on any atom is 0.310 e. The van der Waals surface area contributed by atoms with Gasteiger partial charge in [-0.1, -0.05) is 20.8 Å². The van der Waals surface area contributed by atoms with Gasteiger partial charge in [-0.25, -0.2) is 0 Å². The fourth-order valence-electron chi connectivity index (χ4n) is 5.70. The van der Waals surface area contributed by atoms with Crippen LogP contribution in [0.15, 0.2) is 11.1 Å². The minimum Gasteiger partial charge on any atom is -0.462 e. The Morgan fingerprint density at radius 2 is 2.16 bits per heavy atom. The van der Waals surface area contributed by atoms with Crippen LogP contribution < -0.4 is 0 Å². The quantitative estimate of drug-likeness (QED) is 0.627. The Morgan fingerprint density at radius 1 is 1.44 bits per heavy atom. The molecule has 1 aliphatic heterocycles. The lowest BCUT2D eigenvalue weighted by Crippen LogP contribution is -2.45. The summed E-state index contributed by atoms with van der Waals surface area (Å²) in [4.78, 5) is 24.9. The number of esters is 2. The Bertz CT molecular complexity index is 652. The monoisotopic (exact) mass is 348 g/mol.